The molecule has 0 fully saturated rings. The highest BCUT2D eigenvalue weighted by atomic mass is 35.5. The summed E-state index contributed by atoms with van der Waals surface area (Å²) in [5, 5.41) is 5.16. The standard InChI is InChI=1S/C26H21ClN4O/c1-32-23-10-6-5-9-19(23)15-28-25-24-22(18-7-3-2-4-8-18)16-31(26(24)30-17-29-25)21-13-11-20(27)12-14-21/h2-14,16-17H,15H2,1H3,(H,28,29,30). The SMILES string of the molecule is COc1ccccc1CNc1ncnc2c1c(-c1ccccc1)cn2-c1ccc(Cl)cc1. The van der Waals surface area contributed by atoms with Crippen molar-refractivity contribution in [2.75, 3.05) is 12.4 Å². The number of ether oxygens (including phenoxy) is 1. The molecule has 0 spiro atoms. The highest BCUT2D eigenvalue weighted by molar-refractivity contribution is 6.30. The van der Waals surface area contributed by atoms with Crippen LogP contribution in [0.4, 0.5) is 5.82 Å². The summed E-state index contributed by atoms with van der Waals surface area (Å²) >= 11 is 6.11. The molecule has 5 nitrogen and oxygen atoms in total. The molecular weight excluding hydrogens is 420 g/mol. The topological polar surface area (TPSA) is 52.0 Å². The molecule has 3 aromatic carbocycles. The Balaban J connectivity index is 1.64. The Bertz CT molecular complexity index is 1360. The van der Waals surface area contributed by atoms with Crippen LogP contribution >= 0.6 is 11.6 Å². The number of anilines is 1. The van der Waals surface area contributed by atoms with Crippen molar-refractivity contribution < 1.29 is 4.74 Å². The molecule has 0 radical (unpaired) electrons. The van der Waals surface area contributed by atoms with Crippen LogP contribution in [0.15, 0.2) is 91.4 Å². The molecule has 0 saturated heterocycles. The average molecular weight is 441 g/mol. The number of hydrogen-bond acceptors (Lipinski definition) is 4. The van der Waals surface area contributed by atoms with Crippen molar-refractivity contribution in [3.63, 3.8) is 0 Å². The van der Waals surface area contributed by atoms with Crippen LogP contribution in [0.5, 0.6) is 5.75 Å². The van der Waals surface area contributed by atoms with E-state index in [1.165, 1.54) is 0 Å². The van der Waals surface area contributed by atoms with Crippen molar-refractivity contribution in [1.82, 2.24) is 14.5 Å². The quantitative estimate of drug-likeness (QED) is 0.333. The van der Waals surface area contributed by atoms with Crippen LogP contribution in [0.25, 0.3) is 27.8 Å². The molecule has 2 heterocycles. The Kier molecular flexibility index (Phi) is 5.48. The van der Waals surface area contributed by atoms with Gasteiger partial charge >= 0.3 is 0 Å². The number of benzene rings is 3. The van der Waals surface area contributed by atoms with Gasteiger partial charge in [-0.25, -0.2) is 9.97 Å². The fraction of sp³-hybridized carbons (Fsp3) is 0.0769. The highest BCUT2D eigenvalue weighted by Gasteiger charge is 2.17. The molecule has 0 bridgehead atoms. The van der Waals surface area contributed by atoms with E-state index in [1.807, 2.05) is 66.7 Å². The Hall–Kier alpha value is -3.83. The number of rotatable bonds is 6. The lowest BCUT2D eigenvalue weighted by molar-refractivity contribution is 0.410. The molecule has 0 aliphatic carbocycles. The Morgan fingerprint density at radius 1 is 0.906 bits per heavy atom. The lowest BCUT2D eigenvalue weighted by Gasteiger charge is -2.11. The minimum Gasteiger partial charge on any atom is -0.496 e. The fourth-order valence-corrected chi connectivity index (χ4v) is 3.98. The van der Waals surface area contributed by atoms with Gasteiger partial charge in [0.05, 0.1) is 12.5 Å². The van der Waals surface area contributed by atoms with Gasteiger partial charge in [-0.3, -0.25) is 0 Å². The van der Waals surface area contributed by atoms with E-state index in [0.717, 1.165) is 45.0 Å². The van der Waals surface area contributed by atoms with Crippen LogP contribution in [0.1, 0.15) is 5.56 Å². The Labute approximate surface area is 191 Å². The minimum atomic E-state index is 0.580. The first kappa shape index (κ1) is 20.1. The lowest BCUT2D eigenvalue weighted by Crippen LogP contribution is -2.04. The molecule has 2 aromatic heterocycles. The molecule has 5 aromatic rings. The number of nitrogens with one attached hydrogen (secondary N) is 1. The maximum Gasteiger partial charge on any atom is 0.150 e. The molecule has 158 valence electrons. The molecule has 0 aliphatic rings. The van der Waals surface area contributed by atoms with E-state index in [2.05, 4.69) is 38.2 Å². The van der Waals surface area contributed by atoms with Gasteiger partial charge in [0.25, 0.3) is 0 Å². The van der Waals surface area contributed by atoms with Crippen molar-refractivity contribution in [2.45, 2.75) is 6.54 Å². The summed E-state index contributed by atoms with van der Waals surface area (Å²) in [4.78, 5) is 9.22. The number of nitrogens with zero attached hydrogens (tertiary/aromatic N) is 3. The summed E-state index contributed by atoms with van der Waals surface area (Å²) in [7, 11) is 1.68. The van der Waals surface area contributed by atoms with Gasteiger partial charge in [-0.05, 0) is 35.9 Å². The van der Waals surface area contributed by atoms with E-state index < -0.39 is 0 Å². The number of aromatic nitrogens is 3. The van der Waals surface area contributed by atoms with Crippen LogP contribution in [0.2, 0.25) is 5.02 Å². The van der Waals surface area contributed by atoms with Gasteiger partial charge in [0.1, 0.15) is 17.9 Å². The van der Waals surface area contributed by atoms with Gasteiger partial charge in [-0.1, -0.05) is 60.1 Å². The largest absolute Gasteiger partial charge is 0.496 e. The zero-order valence-electron chi connectivity index (χ0n) is 17.5. The number of methoxy groups -OCH3 is 1. The lowest BCUT2D eigenvalue weighted by atomic mass is 10.1. The third-order valence-electron chi connectivity index (χ3n) is 5.41. The first-order valence-corrected chi connectivity index (χ1v) is 10.7. The molecule has 0 amide bonds. The van der Waals surface area contributed by atoms with Gasteiger partial charge in [-0.2, -0.15) is 0 Å². The predicted molar refractivity (Wildman–Crippen MR) is 130 cm³/mol. The van der Waals surface area contributed by atoms with Gasteiger partial charge in [-0.15, -0.1) is 0 Å². The number of halogens is 1. The van der Waals surface area contributed by atoms with Crippen molar-refractivity contribution in [3.8, 4) is 22.6 Å². The van der Waals surface area contributed by atoms with Crippen LogP contribution in [-0.4, -0.2) is 21.6 Å². The Morgan fingerprint density at radius 2 is 1.66 bits per heavy atom. The maximum atomic E-state index is 6.11. The van der Waals surface area contributed by atoms with Gasteiger partial charge in [0, 0.05) is 34.6 Å². The van der Waals surface area contributed by atoms with Crippen LogP contribution in [-0.2, 0) is 6.54 Å². The molecule has 1 N–H and O–H groups in total. The second-order valence-electron chi connectivity index (χ2n) is 7.34. The predicted octanol–water partition coefficient (Wildman–Crippen LogP) is 6.36. The van der Waals surface area contributed by atoms with E-state index in [9.17, 15) is 0 Å². The van der Waals surface area contributed by atoms with Crippen molar-refractivity contribution in [1.29, 1.82) is 0 Å². The molecule has 32 heavy (non-hydrogen) atoms. The summed E-state index contributed by atoms with van der Waals surface area (Å²) in [6.07, 6.45) is 3.69. The molecule has 0 aliphatic heterocycles. The first-order chi connectivity index (χ1) is 15.7. The second-order valence-corrected chi connectivity index (χ2v) is 7.78. The van der Waals surface area contributed by atoms with Crippen LogP contribution in [0, 0.1) is 0 Å². The smallest absolute Gasteiger partial charge is 0.150 e. The zero-order chi connectivity index (χ0) is 21.9. The minimum absolute atomic E-state index is 0.580. The molecular formula is C26H21ClN4O. The molecule has 5 rings (SSSR count). The van der Waals surface area contributed by atoms with Gasteiger partial charge in [0.2, 0.25) is 0 Å². The van der Waals surface area contributed by atoms with Crippen LogP contribution in [0.3, 0.4) is 0 Å². The van der Waals surface area contributed by atoms with Crippen molar-refractivity contribution in [3.05, 3.63) is 102 Å². The fourth-order valence-electron chi connectivity index (χ4n) is 3.86. The molecule has 0 atom stereocenters. The number of para-hydroxylation sites is 1. The van der Waals surface area contributed by atoms with Gasteiger partial charge < -0.3 is 14.6 Å². The molecule has 0 saturated carbocycles. The third kappa shape index (κ3) is 3.79. The van der Waals surface area contributed by atoms with E-state index in [1.54, 1.807) is 13.4 Å². The number of fused-ring (bicyclic) bond motifs is 1. The van der Waals surface area contributed by atoms with E-state index in [4.69, 9.17) is 16.3 Å². The van der Waals surface area contributed by atoms with E-state index in [0.29, 0.717) is 11.6 Å². The maximum absolute atomic E-state index is 6.11. The summed E-state index contributed by atoms with van der Waals surface area (Å²) in [5.74, 6) is 1.61. The monoisotopic (exact) mass is 440 g/mol. The van der Waals surface area contributed by atoms with Crippen molar-refractivity contribution in [2.24, 2.45) is 0 Å². The third-order valence-corrected chi connectivity index (χ3v) is 5.66. The molecule has 6 heteroatoms. The number of hydrogen-bond donors (Lipinski definition) is 1. The van der Waals surface area contributed by atoms with E-state index in [-0.39, 0.29) is 0 Å². The summed E-state index contributed by atoms with van der Waals surface area (Å²) < 4.78 is 7.57. The molecule has 0 unspecified atom stereocenters. The summed E-state index contributed by atoms with van der Waals surface area (Å²) in [5.41, 5.74) is 5.01. The van der Waals surface area contributed by atoms with Crippen molar-refractivity contribution >= 4 is 28.5 Å². The zero-order valence-corrected chi connectivity index (χ0v) is 18.3. The highest BCUT2D eigenvalue weighted by Crippen LogP contribution is 2.35. The summed E-state index contributed by atoms with van der Waals surface area (Å²) in [6, 6.07) is 26.0. The second kappa shape index (κ2) is 8.73. The van der Waals surface area contributed by atoms with E-state index >= 15 is 0 Å². The Morgan fingerprint density at radius 3 is 2.44 bits per heavy atom. The van der Waals surface area contributed by atoms with Gasteiger partial charge in [0.15, 0.2) is 5.65 Å². The average Bonchev–Trinajstić information content (AvgIpc) is 3.24. The normalized spacial score (nSPS) is 10.9. The van der Waals surface area contributed by atoms with Crippen LogP contribution < -0.4 is 10.1 Å². The first-order valence-electron chi connectivity index (χ1n) is 10.3. The summed E-state index contributed by atoms with van der Waals surface area (Å²) in [6.45, 7) is 0.580.